The summed E-state index contributed by atoms with van der Waals surface area (Å²) in [5.41, 5.74) is 2.73. The Labute approximate surface area is 180 Å². The van der Waals surface area contributed by atoms with Crippen LogP contribution in [0.2, 0.25) is 0 Å². The zero-order valence-electron chi connectivity index (χ0n) is 18.6. The lowest BCUT2D eigenvalue weighted by atomic mass is 10.0. The first-order chi connectivity index (χ1) is 14.2. The lowest BCUT2D eigenvalue weighted by Gasteiger charge is -2.25. The van der Waals surface area contributed by atoms with Crippen LogP contribution in [0.3, 0.4) is 0 Å². The molecule has 1 amide bonds. The Bertz CT molecular complexity index is 936. The lowest BCUT2D eigenvalue weighted by molar-refractivity contribution is 0.0941. The van der Waals surface area contributed by atoms with Crippen molar-refractivity contribution in [3.8, 4) is 0 Å². The summed E-state index contributed by atoms with van der Waals surface area (Å²) in [6.45, 7) is 6.91. The summed E-state index contributed by atoms with van der Waals surface area (Å²) in [7, 11) is 0.342. The van der Waals surface area contributed by atoms with E-state index >= 15 is 0 Å². The van der Waals surface area contributed by atoms with Gasteiger partial charge in [0.1, 0.15) is 0 Å². The van der Waals surface area contributed by atoms with Gasteiger partial charge in [-0.3, -0.25) is 4.79 Å². The molecular formula is C23H33N3O3S. The van der Waals surface area contributed by atoms with Crippen LogP contribution in [0.5, 0.6) is 0 Å². The van der Waals surface area contributed by atoms with Gasteiger partial charge < -0.3 is 10.2 Å². The molecule has 2 aromatic carbocycles. The summed E-state index contributed by atoms with van der Waals surface area (Å²) in [5.74, 6) is -0.288. The molecule has 0 spiro atoms. The van der Waals surface area contributed by atoms with E-state index < -0.39 is 10.0 Å². The normalized spacial score (nSPS) is 12.9. The molecule has 1 N–H and O–H groups in total. The van der Waals surface area contributed by atoms with Crippen LogP contribution in [0, 0.1) is 0 Å². The first-order valence-electron chi connectivity index (χ1n) is 10.4. The molecule has 2 rings (SSSR count). The molecule has 0 saturated heterocycles. The van der Waals surface area contributed by atoms with Crippen molar-refractivity contribution in [2.24, 2.45) is 0 Å². The van der Waals surface area contributed by atoms with Crippen LogP contribution < -0.4 is 5.32 Å². The van der Waals surface area contributed by atoms with Gasteiger partial charge in [-0.15, -0.1) is 0 Å². The van der Waals surface area contributed by atoms with Crippen molar-refractivity contribution in [3.05, 3.63) is 65.2 Å². The molecule has 0 saturated carbocycles. The van der Waals surface area contributed by atoms with E-state index in [9.17, 15) is 13.2 Å². The number of benzene rings is 2. The fraction of sp³-hybridized carbons (Fsp3) is 0.435. The highest BCUT2D eigenvalue weighted by atomic mass is 32.2. The maximum Gasteiger partial charge on any atom is 0.251 e. The monoisotopic (exact) mass is 431 g/mol. The van der Waals surface area contributed by atoms with Crippen molar-refractivity contribution in [2.45, 2.75) is 38.1 Å². The van der Waals surface area contributed by atoms with Gasteiger partial charge in [0.05, 0.1) is 10.9 Å². The zero-order chi connectivity index (χ0) is 22.3. The number of sulfonamides is 1. The van der Waals surface area contributed by atoms with E-state index in [1.807, 2.05) is 14.1 Å². The zero-order valence-corrected chi connectivity index (χ0v) is 19.4. The number of likely N-dealkylation sites (N-methyl/N-ethyl adjacent to an activating group) is 1. The minimum Gasteiger partial charge on any atom is -0.350 e. The predicted octanol–water partition coefficient (Wildman–Crippen LogP) is 3.31. The second-order valence-electron chi connectivity index (χ2n) is 7.40. The van der Waals surface area contributed by atoms with Crippen LogP contribution in [-0.4, -0.2) is 57.3 Å². The molecule has 6 nitrogen and oxygen atoms in total. The molecule has 2 aromatic rings. The fourth-order valence-corrected chi connectivity index (χ4v) is 4.88. The number of nitrogens with zero attached hydrogens (tertiary/aromatic N) is 2. The van der Waals surface area contributed by atoms with Crippen LogP contribution in [-0.2, 0) is 16.4 Å². The first kappa shape index (κ1) is 24.1. The second kappa shape index (κ2) is 10.7. The van der Waals surface area contributed by atoms with Crippen LogP contribution in [0.4, 0.5) is 0 Å². The fourth-order valence-electron chi connectivity index (χ4n) is 3.38. The number of hydrogen-bond acceptors (Lipinski definition) is 4. The van der Waals surface area contributed by atoms with Crippen molar-refractivity contribution in [2.75, 3.05) is 33.7 Å². The van der Waals surface area contributed by atoms with Gasteiger partial charge in [-0.05, 0) is 49.8 Å². The first-order valence-corrected chi connectivity index (χ1v) is 11.8. The molecule has 30 heavy (non-hydrogen) atoms. The van der Waals surface area contributed by atoms with Gasteiger partial charge in [0.2, 0.25) is 10.0 Å². The van der Waals surface area contributed by atoms with Crippen molar-refractivity contribution in [1.29, 1.82) is 0 Å². The highest BCUT2D eigenvalue weighted by Crippen LogP contribution is 2.20. The average molecular weight is 432 g/mol. The molecule has 7 heteroatoms. The molecule has 0 aliphatic carbocycles. The molecule has 0 bridgehead atoms. The molecule has 0 aromatic heterocycles. The molecular weight excluding hydrogens is 398 g/mol. The number of aryl methyl sites for hydroxylation is 1. The smallest absolute Gasteiger partial charge is 0.251 e. The molecule has 0 fully saturated rings. The Hall–Kier alpha value is -2.22. The van der Waals surface area contributed by atoms with Crippen LogP contribution >= 0.6 is 0 Å². The summed E-state index contributed by atoms with van der Waals surface area (Å²) in [5, 5.41) is 2.95. The van der Waals surface area contributed by atoms with Gasteiger partial charge in [0.15, 0.2) is 0 Å². The highest BCUT2D eigenvalue weighted by Gasteiger charge is 2.23. The molecule has 0 radical (unpaired) electrons. The maximum absolute atomic E-state index is 12.8. The Kier molecular flexibility index (Phi) is 8.58. The number of nitrogens with one attached hydrogen (secondary N) is 1. The van der Waals surface area contributed by atoms with Gasteiger partial charge in [-0.1, -0.05) is 51.1 Å². The van der Waals surface area contributed by atoms with Crippen molar-refractivity contribution in [3.63, 3.8) is 0 Å². The topological polar surface area (TPSA) is 69.7 Å². The number of hydrogen-bond donors (Lipinski definition) is 1. The van der Waals surface area contributed by atoms with E-state index in [0.29, 0.717) is 25.2 Å². The van der Waals surface area contributed by atoms with E-state index in [1.165, 1.54) is 22.0 Å². The highest BCUT2D eigenvalue weighted by molar-refractivity contribution is 7.89. The number of carbonyl (C=O) groups is 1. The minimum atomic E-state index is -3.61. The summed E-state index contributed by atoms with van der Waals surface area (Å²) in [4.78, 5) is 14.9. The van der Waals surface area contributed by atoms with Crippen molar-refractivity contribution >= 4 is 15.9 Å². The quantitative estimate of drug-likeness (QED) is 0.627. The van der Waals surface area contributed by atoms with E-state index in [-0.39, 0.29) is 16.8 Å². The van der Waals surface area contributed by atoms with Gasteiger partial charge in [-0.2, -0.15) is 4.31 Å². The summed E-state index contributed by atoms with van der Waals surface area (Å²) in [6.07, 6.45) is 0.983. The van der Waals surface area contributed by atoms with E-state index in [0.717, 1.165) is 12.0 Å². The molecule has 1 atom stereocenters. The molecule has 164 valence electrons. The molecule has 0 heterocycles. The second-order valence-corrected chi connectivity index (χ2v) is 9.34. The Morgan fingerprint density at radius 1 is 1.00 bits per heavy atom. The van der Waals surface area contributed by atoms with Crippen LogP contribution in [0.15, 0.2) is 53.4 Å². The average Bonchev–Trinajstić information content (AvgIpc) is 2.74. The third kappa shape index (κ3) is 5.68. The summed E-state index contributed by atoms with van der Waals surface area (Å²) in [6, 6.07) is 14.6. The third-order valence-corrected chi connectivity index (χ3v) is 7.34. The maximum atomic E-state index is 12.8. The number of amides is 1. The Morgan fingerprint density at radius 3 is 2.17 bits per heavy atom. The standard InChI is InChI=1S/C23H33N3O3S/c1-6-18-12-14-19(15-13-18)22(25(4)5)17-24-23(27)20-10-9-11-21(16-20)30(28,29)26(7-2)8-3/h9-16,22H,6-8,17H2,1-5H3,(H,24,27)/t22-/m0/s1. The van der Waals surface area contributed by atoms with Gasteiger partial charge in [0.25, 0.3) is 5.91 Å². The molecule has 0 aliphatic heterocycles. The predicted molar refractivity (Wildman–Crippen MR) is 121 cm³/mol. The van der Waals surface area contributed by atoms with Crippen molar-refractivity contribution in [1.82, 2.24) is 14.5 Å². The summed E-state index contributed by atoms with van der Waals surface area (Å²) < 4.78 is 26.9. The van der Waals surface area contributed by atoms with E-state index in [4.69, 9.17) is 0 Å². The minimum absolute atomic E-state index is 0.0162. The number of rotatable bonds is 10. The Balaban J connectivity index is 2.16. The van der Waals surface area contributed by atoms with Crippen molar-refractivity contribution < 1.29 is 13.2 Å². The van der Waals surface area contributed by atoms with Gasteiger partial charge in [0, 0.05) is 25.2 Å². The Morgan fingerprint density at radius 2 is 1.63 bits per heavy atom. The number of carbonyl (C=O) groups excluding carboxylic acids is 1. The molecule has 0 aliphatic rings. The van der Waals surface area contributed by atoms with Crippen LogP contribution in [0.1, 0.15) is 48.3 Å². The largest absolute Gasteiger partial charge is 0.350 e. The van der Waals surface area contributed by atoms with E-state index in [1.54, 1.807) is 26.0 Å². The lowest BCUT2D eigenvalue weighted by Crippen LogP contribution is -2.35. The van der Waals surface area contributed by atoms with E-state index in [2.05, 4.69) is 41.4 Å². The van der Waals surface area contributed by atoms with Gasteiger partial charge in [-0.25, -0.2) is 8.42 Å². The third-order valence-electron chi connectivity index (χ3n) is 5.29. The SMILES string of the molecule is CCc1ccc([C@H](CNC(=O)c2cccc(S(=O)(=O)N(CC)CC)c2)N(C)C)cc1. The summed E-state index contributed by atoms with van der Waals surface area (Å²) >= 11 is 0. The van der Waals surface area contributed by atoms with Crippen LogP contribution in [0.25, 0.3) is 0 Å². The molecule has 0 unspecified atom stereocenters. The van der Waals surface area contributed by atoms with Gasteiger partial charge >= 0.3 is 0 Å².